The third kappa shape index (κ3) is 3.42. The van der Waals surface area contributed by atoms with Crippen LogP contribution in [0.5, 0.6) is 0 Å². The van der Waals surface area contributed by atoms with Crippen LogP contribution < -0.4 is 4.31 Å². The maximum atomic E-state index is 11.7. The van der Waals surface area contributed by atoms with Crippen LogP contribution in [0.2, 0.25) is 0 Å². The smallest absolute Gasteiger partial charge is 0.175 e. The number of halogens is 1. The summed E-state index contributed by atoms with van der Waals surface area (Å²) in [5.41, 5.74) is 2.09. The number of hydrogen-bond donors (Lipinski definition) is 0. The molecule has 1 aliphatic rings. The van der Waals surface area contributed by atoms with Gasteiger partial charge in [0.1, 0.15) is 0 Å². The van der Waals surface area contributed by atoms with Crippen molar-refractivity contribution in [2.75, 3.05) is 23.0 Å². The van der Waals surface area contributed by atoms with Gasteiger partial charge in [0.25, 0.3) is 0 Å². The molecule has 4 nitrogen and oxygen atoms in total. The second kappa shape index (κ2) is 6.13. The van der Waals surface area contributed by atoms with E-state index in [9.17, 15) is 8.42 Å². The van der Waals surface area contributed by atoms with E-state index in [0.29, 0.717) is 16.8 Å². The molecule has 1 aromatic rings. The molecule has 0 unspecified atom stereocenters. The van der Waals surface area contributed by atoms with Crippen LogP contribution in [0.25, 0.3) is 0 Å². The predicted molar refractivity (Wildman–Crippen MR) is 85.9 cm³/mol. The molecule has 1 aromatic carbocycles. The van der Waals surface area contributed by atoms with Gasteiger partial charge in [0.2, 0.25) is 0 Å². The van der Waals surface area contributed by atoms with Crippen molar-refractivity contribution >= 4 is 39.3 Å². The van der Waals surface area contributed by atoms with Crippen molar-refractivity contribution in [2.24, 2.45) is 0 Å². The first-order chi connectivity index (χ1) is 9.32. The van der Waals surface area contributed by atoms with E-state index in [0.717, 1.165) is 24.3 Å². The number of benzene rings is 1. The van der Waals surface area contributed by atoms with Crippen molar-refractivity contribution in [1.29, 1.82) is 0 Å². The largest absolute Gasteiger partial charge is 0.302 e. The molecule has 7 heteroatoms. The lowest BCUT2D eigenvalue weighted by Crippen LogP contribution is -2.35. The van der Waals surface area contributed by atoms with Crippen LogP contribution in [0.15, 0.2) is 23.1 Å². The zero-order valence-corrected chi connectivity index (χ0v) is 14.2. The molecule has 0 saturated carbocycles. The maximum absolute atomic E-state index is 11.7. The fourth-order valence-electron chi connectivity index (χ4n) is 2.04. The van der Waals surface area contributed by atoms with Gasteiger partial charge in [-0.2, -0.15) is 0 Å². The molecule has 1 heterocycles. The van der Waals surface area contributed by atoms with E-state index in [2.05, 4.69) is 22.5 Å². The third-order valence-electron chi connectivity index (χ3n) is 3.14. The minimum absolute atomic E-state index is 0.368. The van der Waals surface area contributed by atoms with Gasteiger partial charge in [0.15, 0.2) is 9.84 Å². The Hall–Kier alpha value is -0.430. The molecule has 0 fully saturated rings. The van der Waals surface area contributed by atoms with Crippen molar-refractivity contribution in [2.45, 2.75) is 31.3 Å². The van der Waals surface area contributed by atoms with Gasteiger partial charge in [-0.05, 0) is 37.6 Å². The fourth-order valence-corrected chi connectivity index (χ4v) is 4.06. The molecule has 0 aliphatic carbocycles. The topological polar surface area (TPSA) is 40.6 Å². The highest BCUT2D eigenvalue weighted by Crippen LogP contribution is 2.38. The van der Waals surface area contributed by atoms with Gasteiger partial charge in [0, 0.05) is 43.4 Å². The van der Waals surface area contributed by atoms with E-state index in [1.807, 2.05) is 6.07 Å². The number of rotatable bonds is 4. The number of sulfone groups is 1. The molecular weight excluding hydrogens is 316 g/mol. The van der Waals surface area contributed by atoms with E-state index in [1.165, 1.54) is 6.26 Å². The van der Waals surface area contributed by atoms with Crippen molar-refractivity contribution in [3.05, 3.63) is 23.8 Å². The lowest BCUT2D eigenvalue weighted by Gasteiger charge is -2.38. The molecule has 0 amide bonds. The molecule has 20 heavy (non-hydrogen) atoms. The van der Waals surface area contributed by atoms with E-state index in [-0.39, 0.29) is 0 Å². The van der Waals surface area contributed by atoms with Gasteiger partial charge >= 0.3 is 0 Å². The number of hydrogen-bond acceptors (Lipinski definition) is 5. The molecule has 0 atom stereocenters. The van der Waals surface area contributed by atoms with Crippen molar-refractivity contribution in [3.63, 3.8) is 0 Å². The Labute approximate surface area is 130 Å². The molecule has 0 spiro atoms. The minimum Gasteiger partial charge on any atom is -0.302 e. The van der Waals surface area contributed by atoms with Gasteiger partial charge in [-0.1, -0.05) is 0 Å². The molecule has 0 bridgehead atoms. The molecule has 0 N–H and O–H groups in total. The molecule has 1 aliphatic heterocycles. The summed E-state index contributed by atoms with van der Waals surface area (Å²) in [6.07, 6.45) is 1.24. The lowest BCUT2D eigenvalue weighted by molar-refractivity contribution is 0.385. The van der Waals surface area contributed by atoms with Gasteiger partial charge in [-0.15, -0.1) is 11.6 Å². The van der Waals surface area contributed by atoms with Crippen LogP contribution in [0, 0.1) is 0 Å². The SMILES string of the molecule is CC(C)N1Cc2cc(S(C)(=O)=O)ccc2N(CCCl)S1. The van der Waals surface area contributed by atoms with Crippen LogP contribution in [0.3, 0.4) is 0 Å². The van der Waals surface area contributed by atoms with Crippen molar-refractivity contribution in [1.82, 2.24) is 4.31 Å². The van der Waals surface area contributed by atoms with Crippen LogP contribution in [0.1, 0.15) is 19.4 Å². The molecule has 0 radical (unpaired) electrons. The third-order valence-corrected chi connectivity index (χ3v) is 5.76. The van der Waals surface area contributed by atoms with E-state index >= 15 is 0 Å². The zero-order chi connectivity index (χ0) is 14.9. The first-order valence-electron chi connectivity index (χ1n) is 6.44. The quantitative estimate of drug-likeness (QED) is 0.625. The molecule has 2 rings (SSSR count). The van der Waals surface area contributed by atoms with Crippen LogP contribution >= 0.6 is 23.7 Å². The summed E-state index contributed by atoms with van der Waals surface area (Å²) in [5, 5.41) is 0. The van der Waals surface area contributed by atoms with E-state index in [4.69, 9.17) is 11.6 Å². The summed E-state index contributed by atoms with van der Waals surface area (Å²) in [7, 11) is -3.17. The van der Waals surface area contributed by atoms with Crippen LogP contribution in [-0.2, 0) is 16.4 Å². The Kier molecular flexibility index (Phi) is 4.89. The zero-order valence-electron chi connectivity index (χ0n) is 11.8. The number of nitrogens with zero attached hydrogens (tertiary/aromatic N) is 2. The van der Waals surface area contributed by atoms with Crippen LogP contribution in [0.4, 0.5) is 5.69 Å². The number of fused-ring (bicyclic) bond motifs is 1. The maximum Gasteiger partial charge on any atom is 0.175 e. The summed E-state index contributed by atoms with van der Waals surface area (Å²) in [5.74, 6) is 0.534. The Morgan fingerprint density at radius 1 is 1.40 bits per heavy atom. The van der Waals surface area contributed by atoms with E-state index < -0.39 is 9.84 Å². The highest BCUT2D eigenvalue weighted by Gasteiger charge is 2.26. The highest BCUT2D eigenvalue weighted by molar-refractivity contribution is 7.98. The van der Waals surface area contributed by atoms with Gasteiger partial charge in [-0.25, -0.2) is 12.7 Å². The normalized spacial score (nSPS) is 16.6. The Balaban J connectivity index is 2.43. The van der Waals surface area contributed by atoms with Gasteiger partial charge in [-0.3, -0.25) is 0 Å². The highest BCUT2D eigenvalue weighted by atomic mass is 35.5. The molecule has 112 valence electrons. The van der Waals surface area contributed by atoms with Crippen molar-refractivity contribution < 1.29 is 8.42 Å². The second-order valence-electron chi connectivity index (χ2n) is 5.10. The Bertz CT molecular complexity index is 590. The lowest BCUT2D eigenvalue weighted by atomic mass is 10.1. The summed E-state index contributed by atoms with van der Waals surface area (Å²) < 4.78 is 27.7. The summed E-state index contributed by atoms with van der Waals surface area (Å²) >= 11 is 7.52. The number of anilines is 1. The fraction of sp³-hybridized carbons (Fsp3) is 0.538. The molecule has 0 saturated heterocycles. The van der Waals surface area contributed by atoms with Gasteiger partial charge < -0.3 is 4.31 Å². The Morgan fingerprint density at radius 2 is 2.10 bits per heavy atom. The first-order valence-corrected chi connectivity index (χ1v) is 9.59. The number of alkyl halides is 1. The average Bonchev–Trinajstić information content (AvgIpc) is 2.37. The summed E-state index contributed by atoms with van der Waals surface area (Å²) in [4.78, 5) is 0.373. The Morgan fingerprint density at radius 3 is 2.65 bits per heavy atom. The van der Waals surface area contributed by atoms with Gasteiger partial charge in [0.05, 0.1) is 10.6 Å². The predicted octanol–water partition coefficient (Wildman–Crippen LogP) is 2.92. The minimum atomic E-state index is -3.17. The standard InChI is InChI=1S/C13H19ClN2O2S2/c1-10(2)16-9-11-8-12(20(3,17)18)4-5-13(11)15(19-16)7-6-14/h4-5,8,10H,6-7,9H2,1-3H3. The first kappa shape index (κ1) is 15.9. The summed E-state index contributed by atoms with van der Waals surface area (Å²) in [6, 6.07) is 5.69. The van der Waals surface area contributed by atoms with E-state index in [1.54, 1.807) is 24.3 Å². The second-order valence-corrected chi connectivity index (χ2v) is 8.57. The average molecular weight is 335 g/mol. The van der Waals surface area contributed by atoms with Crippen molar-refractivity contribution in [3.8, 4) is 0 Å². The monoisotopic (exact) mass is 334 g/mol. The summed E-state index contributed by atoms with van der Waals surface area (Å²) in [6.45, 7) is 5.70. The molecular formula is C13H19ClN2O2S2. The molecule has 0 aromatic heterocycles. The van der Waals surface area contributed by atoms with Crippen LogP contribution in [-0.4, -0.2) is 37.4 Å².